The highest BCUT2D eigenvalue weighted by Gasteiger charge is 1.95. The van der Waals surface area contributed by atoms with Crippen LogP contribution in [0.25, 0.3) is 0 Å². The predicted octanol–water partition coefficient (Wildman–Crippen LogP) is 1.61. The predicted molar refractivity (Wildman–Crippen MR) is 47.2 cm³/mol. The second-order valence-corrected chi connectivity index (χ2v) is 2.87. The molecule has 11 heavy (non-hydrogen) atoms. The summed E-state index contributed by atoms with van der Waals surface area (Å²) in [7, 11) is 0. The maximum absolute atomic E-state index is 5.83. The van der Waals surface area contributed by atoms with Crippen LogP contribution in [0.2, 0.25) is 5.02 Å². The molecule has 0 heterocycles. The van der Waals surface area contributed by atoms with Crippen molar-refractivity contribution in [2.75, 3.05) is 0 Å². The summed E-state index contributed by atoms with van der Waals surface area (Å²) in [5.74, 6) is 5.17. The van der Waals surface area contributed by atoms with E-state index in [1.807, 2.05) is 25.1 Å². The standard InChI is InChI=1S/C8H11ClN2/c1-6-4-7(5-11-10)2-3-8(6)9/h2-4,11H,5,10H2,1H3. The van der Waals surface area contributed by atoms with Gasteiger partial charge in [-0.1, -0.05) is 23.7 Å². The van der Waals surface area contributed by atoms with Crippen molar-refractivity contribution >= 4 is 11.6 Å². The number of halogens is 1. The molecule has 3 N–H and O–H groups in total. The molecule has 0 amide bonds. The highest BCUT2D eigenvalue weighted by molar-refractivity contribution is 6.31. The van der Waals surface area contributed by atoms with Gasteiger partial charge in [-0.2, -0.15) is 0 Å². The van der Waals surface area contributed by atoms with E-state index in [9.17, 15) is 0 Å². The monoisotopic (exact) mass is 170 g/mol. The van der Waals surface area contributed by atoms with Gasteiger partial charge >= 0.3 is 0 Å². The van der Waals surface area contributed by atoms with Crippen LogP contribution in [0.3, 0.4) is 0 Å². The van der Waals surface area contributed by atoms with Gasteiger partial charge in [-0.3, -0.25) is 11.3 Å². The summed E-state index contributed by atoms with van der Waals surface area (Å²) in [5.41, 5.74) is 4.82. The number of hydrogen-bond acceptors (Lipinski definition) is 2. The minimum Gasteiger partial charge on any atom is -0.271 e. The Morgan fingerprint density at radius 3 is 2.82 bits per heavy atom. The number of nitrogens with two attached hydrogens (primary N) is 1. The van der Waals surface area contributed by atoms with Gasteiger partial charge in [0.2, 0.25) is 0 Å². The number of benzene rings is 1. The average Bonchev–Trinajstić information content (AvgIpc) is 1.98. The van der Waals surface area contributed by atoms with E-state index in [-0.39, 0.29) is 0 Å². The van der Waals surface area contributed by atoms with Gasteiger partial charge in [0.1, 0.15) is 0 Å². The van der Waals surface area contributed by atoms with Crippen molar-refractivity contribution < 1.29 is 0 Å². The normalized spacial score (nSPS) is 10.1. The molecular weight excluding hydrogens is 160 g/mol. The Morgan fingerprint density at radius 1 is 1.55 bits per heavy atom. The second-order valence-electron chi connectivity index (χ2n) is 2.46. The van der Waals surface area contributed by atoms with E-state index in [0.29, 0.717) is 6.54 Å². The number of hydrogen-bond donors (Lipinski definition) is 2. The maximum Gasteiger partial charge on any atom is 0.0435 e. The third kappa shape index (κ3) is 2.19. The quantitative estimate of drug-likeness (QED) is 0.523. The summed E-state index contributed by atoms with van der Waals surface area (Å²) in [5, 5.41) is 0.797. The van der Waals surface area contributed by atoms with Gasteiger partial charge in [0.05, 0.1) is 0 Å². The fourth-order valence-electron chi connectivity index (χ4n) is 0.935. The van der Waals surface area contributed by atoms with E-state index in [1.54, 1.807) is 0 Å². The number of rotatable bonds is 2. The molecule has 0 atom stereocenters. The van der Waals surface area contributed by atoms with Crippen molar-refractivity contribution in [2.24, 2.45) is 5.84 Å². The van der Waals surface area contributed by atoms with Crippen LogP contribution in [0.4, 0.5) is 0 Å². The molecule has 0 fully saturated rings. The van der Waals surface area contributed by atoms with Crippen molar-refractivity contribution in [1.82, 2.24) is 5.43 Å². The Kier molecular flexibility index (Phi) is 2.88. The molecule has 1 rings (SSSR count). The zero-order valence-corrected chi connectivity index (χ0v) is 7.15. The SMILES string of the molecule is Cc1cc(CNN)ccc1Cl. The van der Waals surface area contributed by atoms with Crippen LogP contribution in [-0.2, 0) is 6.54 Å². The largest absolute Gasteiger partial charge is 0.271 e. The lowest BCUT2D eigenvalue weighted by Crippen LogP contribution is -2.20. The summed E-state index contributed by atoms with van der Waals surface area (Å²) in [4.78, 5) is 0. The Morgan fingerprint density at radius 2 is 2.27 bits per heavy atom. The molecule has 0 spiro atoms. The first-order chi connectivity index (χ1) is 5.24. The summed E-state index contributed by atoms with van der Waals surface area (Å²) in [6.07, 6.45) is 0. The van der Waals surface area contributed by atoms with E-state index >= 15 is 0 Å². The molecule has 3 heteroatoms. The average molecular weight is 171 g/mol. The minimum atomic E-state index is 0.679. The molecule has 0 saturated heterocycles. The van der Waals surface area contributed by atoms with Gasteiger partial charge in [0, 0.05) is 11.6 Å². The van der Waals surface area contributed by atoms with Crippen LogP contribution in [0.1, 0.15) is 11.1 Å². The van der Waals surface area contributed by atoms with E-state index < -0.39 is 0 Å². The van der Waals surface area contributed by atoms with Crippen molar-refractivity contribution in [3.8, 4) is 0 Å². The molecular formula is C8H11ClN2. The molecule has 0 bridgehead atoms. The number of nitrogens with one attached hydrogen (secondary N) is 1. The van der Waals surface area contributed by atoms with Crippen LogP contribution in [-0.4, -0.2) is 0 Å². The van der Waals surface area contributed by atoms with Gasteiger partial charge in [0.15, 0.2) is 0 Å². The van der Waals surface area contributed by atoms with Gasteiger partial charge in [-0.25, -0.2) is 0 Å². The van der Waals surface area contributed by atoms with Crippen molar-refractivity contribution in [3.05, 3.63) is 34.3 Å². The van der Waals surface area contributed by atoms with Gasteiger partial charge < -0.3 is 0 Å². The first-order valence-corrected chi connectivity index (χ1v) is 3.80. The zero-order chi connectivity index (χ0) is 8.27. The second kappa shape index (κ2) is 3.72. The molecule has 0 unspecified atom stereocenters. The lowest BCUT2D eigenvalue weighted by Gasteiger charge is -2.02. The Hall–Kier alpha value is -0.570. The molecule has 0 radical (unpaired) electrons. The van der Waals surface area contributed by atoms with Crippen molar-refractivity contribution in [1.29, 1.82) is 0 Å². The lowest BCUT2D eigenvalue weighted by molar-refractivity contribution is 0.741. The molecule has 0 aliphatic heterocycles. The molecule has 0 saturated carbocycles. The molecule has 0 aromatic heterocycles. The summed E-state index contributed by atoms with van der Waals surface area (Å²) < 4.78 is 0. The smallest absolute Gasteiger partial charge is 0.0435 e. The van der Waals surface area contributed by atoms with Gasteiger partial charge in [-0.15, -0.1) is 0 Å². The Bertz CT molecular complexity index is 248. The first kappa shape index (κ1) is 8.53. The van der Waals surface area contributed by atoms with Crippen LogP contribution < -0.4 is 11.3 Å². The van der Waals surface area contributed by atoms with Gasteiger partial charge in [-0.05, 0) is 24.1 Å². The van der Waals surface area contributed by atoms with Crippen LogP contribution >= 0.6 is 11.6 Å². The molecule has 1 aromatic rings. The fraction of sp³-hybridized carbons (Fsp3) is 0.250. The van der Waals surface area contributed by atoms with Gasteiger partial charge in [0.25, 0.3) is 0 Å². The van der Waals surface area contributed by atoms with Crippen LogP contribution in [0.15, 0.2) is 18.2 Å². The summed E-state index contributed by atoms with van der Waals surface area (Å²) >= 11 is 5.83. The maximum atomic E-state index is 5.83. The molecule has 0 aliphatic carbocycles. The zero-order valence-electron chi connectivity index (χ0n) is 6.39. The summed E-state index contributed by atoms with van der Waals surface area (Å²) in [6, 6.07) is 5.85. The lowest BCUT2D eigenvalue weighted by atomic mass is 10.1. The van der Waals surface area contributed by atoms with E-state index in [2.05, 4.69) is 5.43 Å². The molecule has 1 aromatic carbocycles. The highest BCUT2D eigenvalue weighted by Crippen LogP contribution is 2.15. The molecule has 0 aliphatic rings. The van der Waals surface area contributed by atoms with E-state index in [0.717, 1.165) is 16.1 Å². The Labute approximate surface area is 71.3 Å². The van der Waals surface area contributed by atoms with Crippen molar-refractivity contribution in [3.63, 3.8) is 0 Å². The third-order valence-electron chi connectivity index (χ3n) is 1.53. The topological polar surface area (TPSA) is 38.0 Å². The minimum absolute atomic E-state index is 0.679. The first-order valence-electron chi connectivity index (χ1n) is 3.42. The number of aryl methyl sites for hydroxylation is 1. The fourth-order valence-corrected chi connectivity index (χ4v) is 1.05. The Balaban J connectivity index is 2.86. The van der Waals surface area contributed by atoms with E-state index in [1.165, 1.54) is 0 Å². The third-order valence-corrected chi connectivity index (χ3v) is 1.95. The van der Waals surface area contributed by atoms with Crippen molar-refractivity contribution in [2.45, 2.75) is 13.5 Å². The molecule has 2 nitrogen and oxygen atoms in total. The van der Waals surface area contributed by atoms with Crippen LogP contribution in [0.5, 0.6) is 0 Å². The highest BCUT2D eigenvalue weighted by atomic mass is 35.5. The number of hydrazine groups is 1. The molecule has 60 valence electrons. The summed E-state index contributed by atoms with van der Waals surface area (Å²) in [6.45, 7) is 2.65. The van der Waals surface area contributed by atoms with Crippen LogP contribution in [0, 0.1) is 6.92 Å². The van der Waals surface area contributed by atoms with E-state index in [4.69, 9.17) is 17.4 Å².